The van der Waals surface area contributed by atoms with Crippen molar-refractivity contribution in [1.29, 1.82) is 0 Å². The molecule has 2 rings (SSSR count). The third-order valence-corrected chi connectivity index (χ3v) is 3.83. The van der Waals surface area contributed by atoms with Crippen LogP contribution < -0.4 is 5.32 Å². The van der Waals surface area contributed by atoms with Crippen molar-refractivity contribution in [3.8, 4) is 0 Å². The van der Waals surface area contributed by atoms with Gasteiger partial charge < -0.3 is 10.2 Å². The Morgan fingerprint density at radius 2 is 2.15 bits per heavy atom. The molecule has 1 fully saturated rings. The summed E-state index contributed by atoms with van der Waals surface area (Å²) in [5, 5.41) is 3.39. The number of rotatable bonds is 4. The standard InChI is InChI=1S/C15H23N3O.ClH/c1-12-11-14(5-9-17-12)15(19)18(2)10-6-13-3-7-16-8-4-13;/h3-4,7-8,12,14,17H,5-6,9-11H2,1-2H3;1H/t12-,14-;/m0./s1. The average Bonchev–Trinajstić information content (AvgIpc) is 2.45. The number of carbonyl (C=O) groups excluding carboxylic acids is 1. The fourth-order valence-electron chi connectivity index (χ4n) is 2.62. The first-order valence-corrected chi connectivity index (χ1v) is 7.04. The molecule has 1 aliphatic heterocycles. The Morgan fingerprint density at radius 1 is 1.45 bits per heavy atom. The molecule has 2 heterocycles. The number of nitrogens with one attached hydrogen (secondary N) is 1. The van der Waals surface area contributed by atoms with Gasteiger partial charge in [-0.05, 0) is 50.4 Å². The zero-order valence-corrected chi connectivity index (χ0v) is 13.0. The molecule has 0 bridgehead atoms. The van der Waals surface area contributed by atoms with Gasteiger partial charge in [0.05, 0.1) is 0 Å². The van der Waals surface area contributed by atoms with Crippen LogP contribution in [0.1, 0.15) is 25.3 Å². The van der Waals surface area contributed by atoms with E-state index in [1.165, 1.54) is 5.56 Å². The molecular weight excluding hydrogens is 274 g/mol. The molecule has 1 aromatic heterocycles. The largest absolute Gasteiger partial charge is 0.345 e. The number of amides is 1. The van der Waals surface area contributed by atoms with Crippen LogP contribution in [-0.4, -0.2) is 42.0 Å². The maximum atomic E-state index is 12.4. The molecule has 0 aromatic carbocycles. The van der Waals surface area contributed by atoms with Gasteiger partial charge in [-0.2, -0.15) is 0 Å². The molecule has 0 radical (unpaired) electrons. The van der Waals surface area contributed by atoms with Crippen molar-refractivity contribution < 1.29 is 4.79 Å². The van der Waals surface area contributed by atoms with Crippen molar-refractivity contribution in [2.75, 3.05) is 20.1 Å². The highest BCUT2D eigenvalue weighted by atomic mass is 35.5. The molecule has 1 amide bonds. The third kappa shape index (κ3) is 4.76. The summed E-state index contributed by atoms with van der Waals surface area (Å²) in [7, 11) is 1.91. The van der Waals surface area contributed by atoms with Crippen LogP contribution in [0.2, 0.25) is 0 Å². The van der Waals surface area contributed by atoms with Gasteiger partial charge in [-0.3, -0.25) is 9.78 Å². The second kappa shape index (κ2) is 8.22. The smallest absolute Gasteiger partial charge is 0.225 e. The molecule has 5 heteroatoms. The zero-order chi connectivity index (χ0) is 13.7. The van der Waals surface area contributed by atoms with E-state index < -0.39 is 0 Å². The lowest BCUT2D eigenvalue weighted by Gasteiger charge is -2.30. The normalized spacial score (nSPS) is 21.9. The first-order valence-electron chi connectivity index (χ1n) is 7.04. The molecule has 112 valence electrons. The van der Waals surface area contributed by atoms with Crippen molar-refractivity contribution in [2.45, 2.75) is 32.2 Å². The van der Waals surface area contributed by atoms with E-state index in [4.69, 9.17) is 0 Å². The number of halogens is 1. The number of nitrogens with zero attached hydrogens (tertiary/aromatic N) is 2. The van der Waals surface area contributed by atoms with E-state index in [9.17, 15) is 4.79 Å². The van der Waals surface area contributed by atoms with Gasteiger partial charge in [-0.1, -0.05) is 0 Å². The third-order valence-electron chi connectivity index (χ3n) is 3.83. The van der Waals surface area contributed by atoms with Gasteiger partial charge >= 0.3 is 0 Å². The Hall–Kier alpha value is -1.13. The van der Waals surface area contributed by atoms with E-state index in [0.29, 0.717) is 11.9 Å². The van der Waals surface area contributed by atoms with Crippen LogP contribution in [-0.2, 0) is 11.2 Å². The Balaban J connectivity index is 0.00000200. The van der Waals surface area contributed by atoms with Crippen molar-refractivity contribution >= 4 is 18.3 Å². The molecule has 1 aliphatic rings. The highest BCUT2D eigenvalue weighted by Gasteiger charge is 2.26. The summed E-state index contributed by atoms with van der Waals surface area (Å²) in [6, 6.07) is 4.46. The van der Waals surface area contributed by atoms with E-state index in [2.05, 4.69) is 17.2 Å². The van der Waals surface area contributed by atoms with Gasteiger partial charge in [-0.25, -0.2) is 0 Å². The van der Waals surface area contributed by atoms with Gasteiger partial charge in [0.1, 0.15) is 0 Å². The van der Waals surface area contributed by atoms with Gasteiger partial charge in [0.15, 0.2) is 0 Å². The molecule has 0 unspecified atom stereocenters. The molecular formula is C15H24ClN3O. The van der Waals surface area contributed by atoms with Crippen LogP contribution in [0, 0.1) is 5.92 Å². The molecule has 0 aliphatic carbocycles. The molecule has 0 spiro atoms. The second-order valence-corrected chi connectivity index (χ2v) is 5.44. The lowest BCUT2D eigenvalue weighted by Crippen LogP contribution is -2.43. The predicted octanol–water partition coefficient (Wildman–Crippen LogP) is 1.89. The van der Waals surface area contributed by atoms with Crippen LogP contribution in [0.5, 0.6) is 0 Å². The highest BCUT2D eigenvalue weighted by Crippen LogP contribution is 2.18. The number of hydrogen-bond acceptors (Lipinski definition) is 3. The summed E-state index contributed by atoms with van der Waals surface area (Å²) in [5.74, 6) is 0.487. The summed E-state index contributed by atoms with van der Waals surface area (Å²) in [5.41, 5.74) is 1.23. The van der Waals surface area contributed by atoms with E-state index in [1.54, 1.807) is 12.4 Å². The van der Waals surface area contributed by atoms with Crippen LogP contribution in [0.4, 0.5) is 0 Å². The Kier molecular flexibility index (Phi) is 6.96. The number of likely N-dealkylation sites (N-methyl/N-ethyl adjacent to an activating group) is 1. The quantitative estimate of drug-likeness (QED) is 0.923. The summed E-state index contributed by atoms with van der Waals surface area (Å²) >= 11 is 0. The molecule has 1 saturated heterocycles. The van der Waals surface area contributed by atoms with E-state index in [1.807, 2.05) is 24.1 Å². The first kappa shape index (κ1) is 16.9. The molecule has 0 saturated carbocycles. The first-order chi connectivity index (χ1) is 9.16. The van der Waals surface area contributed by atoms with Crippen LogP contribution in [0.25, 0.3) is 0 Å². The number of hydrogen-bond donors (Lipinski definition) is 1. The lowest BCUT2D eigenvalue weighted by atomic mass is 9.92. The Bertz CT molecular complexity index is 413. The van der Waals surface area contributed by atoms with Crippen molar-refractivity contribution in [3.05, 3.63) is 30.1 Å². The molecule has 20 heavy (non-hydrogen) atoms. The number of aromatic nitrogens is 1. The fraction of sp³-hybridized carbons (Fsp3) is 0.600. The zero-order valence-electron chi connectivity index (χ0n) is 12.2. The summed E-state index contributed by atoms with van der Waals surface area (Å²) in [6.45, 7) is 3.88. The van der Waals surface area contributed by atoms with Crippen LogP contribution in [0.3, 0.4) is 0 Å². The average molecular weight is 298 g/mol. The van der Waals surface area contributed by atoms with E-state index in [0.717, 1.165) is 32.4 Å². The fourth-order valence-corrected chi connectivity index (χ4v) is 2.62. The molecule has 2 atom stereocenters. The molecule has 1 N–H and O–H groups in total. The van der Waals surface area contributed by atoms with Crippen LogP contribution in [0.15, 0.2) is 24.5 Å². The SMILES string of the molecule is C[C@H]1C[C@@H](C(=O)N(C)CCc2ccncc2)CCN1.Cl. The molecule has 4 nitrogen and oxygen atoms in total. The van der Waals surface area contributed by atoms with Gasteiger partial charge in [0.2, 0.25) is 5.91 Å². The minimum absolute atomic E-state index is 0. The van der Waals surface area contributed by atoms with Crippen molar-refractivity contribution in [3.63, 3.8) is 0 Å². The van der Waals surface area contributed by atoms with Crippen LogP contribution >= 0.6 is 12.4 Å². The summed E-state index contributed by atoms with van der Waals surface area (Å²) in [4.78, 5) is 18.2. The van der Waals surface area contributed by atoms with Crippen molar-refractivity contribution in [1.82, 2.24) is 15.2 Å². The van der Waals surface area contributed by atoms with E-state index >= 15 is 0 Å². The molecule has 1 aromatic rings. The maximum absolute atomic E-state index is 12.4. The van der Waals surface area contributed by atoms with Crippen molar-refractivity contribution in [2.24, 2.45) is 5.92 Å². The summed E-state index contributed by atoms with van der Waals surface area (Å²) in [6.07, 6.45) is 6.41. The highest BCUT2D eigenvalue weighted by molar-refractivity contribution is 5.85. The topological polar surface area (TPSA) is 45.2 Å². The lowest BCUT2D eigenvalue weighted by molar-refractivity contribution is -0.135. The predicted molar refractivity (Wildman–Crippen MR) is 83.0 cm³/mol. The summed E-state index contributed by atoms with van der Waals surface area (Å²) < 4.78 is 0. The monoisotopic (exact) mass is 297 g/mol. The minimum Gasteiger partial charge on any atom is -0.345 e. The number of carbonyl (C=O) groups is 1. The van der Waals surface area contributed by atoms with Gasteiger partial charge in [0, 0.05) is 37.9 Å². The van der Waals surface area contributed by atoms with Gasteiger partial charge in [0.25, 0.3) is 0 Å². The van der Waals surface area contributed by atoms with E-state index in [-0.39, 0.29) is 18.3 Å². The number of pyridine rings is 1. The second-order valence-electron chi connectivity index (χ2n) is 5.44. The van der Waals surface area contributed by atoms with Gasteiger partial charge in [-0.15, -0.1) is 12.4 Å². The maximum Gasteiger partial charge on any atom is 0.225 e. The number of piperidine rings is 1. The minimum atomic E-state index is 0. The Morgan fingerprint density at radius 3 is 2.80 bits per heavy atom. The Labute approximate surface area is 127 Å².